The molecular formula is C16H18OS. The fraction of sp³-hybridized carbons (Fsp3) is 0.250. The van der Waals surface area contributed by atoms with Gasteiger partial charge >= 0.3 is 0 Å². The molecule has 0 fully saturated rings. The summed E-state index contributed by atoms with van der Waals surface area (Å²) in [7, 11) is 0. The highest BCUT2D eigenvalue weighted by molar-refractivity contribution is 7.80. The summed E-state index contributed by atoms with van der Waals surface area (Å²) in [6, 6.07) is 13.9. The molecule has 0 aliphatic carbocycles. The lowest BCUT2D eigenvalue weighted by molar-refractivity contribution is 0.466. The molecule has 0 aliphatic rings. The normalized spacial score (nSPS) is 10.9. The molecule has 1 N–H and O–H groups in total. The molecule has 2 aromatic rings. The van der Waals surface area contributed by atoms with E-state index in [1.807, 2.05) is 24.3 Å². The van der Waals surface area contributed by atoms with Crippen molar-refractivity contribution in [1.29, 1.82) is 0 Å². The summed E-state index contributed by atoms with van der Waals surface area (Å²) in [5.41, 5.74) is 3.28. The van der Waals surface area contributed by atoms with Crippen LogP contribution < -0.4 is 0 Å². The first-order valence-corrected chi connectivity index (χ1v) is 6.62. The summed E-state index contributed by atoms with van der Waals surface area (Å²) in [6.07, 6.45) is 0.714. The summed E-state index contributed by atoms with van der Waals surface area (Å²) in [5.74, 6) is 0.737. The highest BCUT2D eigenvalue weighted by Crippen LogP contribution is 2.33. The van der Waals surface area contributed by atoms with Crippen LogP contribution in [0.2, 0.25) is 0 Å². The highest BCUT2D eigenvalue weighted by Gasteiger charge is 2.12. The number of hydrogen-bond donors (Lipinski definition) is 2. The summed E-state index contributed by atoms with van der Waals surface area (Å²) in [4.78, 5) is 0.911. The van der Waals surface area contributed by atoms with E-state index in [9.17, 15) is 5.11 Å². The summed E-state index contributed by atoms with van der Waals surface area (Å²) in [5, 5.41) is 10.0. The van der Waals surface area contributed by atoms with Crippen LogP contribution in [0.25, 0.3) is 0 Å². The molecule has 2 rings (SSSR count). The largest absolute Gasteiger partial charge is 0.508 e. The van der Waals surface area contributed by atoms with Gasteiger partial charge in [0, 0.05) is 16.9 Å². The van der Waals surface area contributed by atoms with Gasteiger partial charge in [-0.1, -0.05) is 50.2 Å². The lowest BCUT2D eigenvalue weighted by Gasteiger charge is -2.15. The van der Waals surface area contributed by atoms with Gasteiger partial charge in [0.25, 0.3) is 0 Å². The first kappa shape index (κ1) is 13.0. The van der Waals surface area contributed by atoms with Crippen LogP contribution in [0.5, 0.6) is 5.75 Å². The summed E-state index contributed by atoms with van der Waals surface area (Å²) in [6.45, 7) is 4.27. The van der Waals surface area contributed by atoms with Gasteiger partial charge in [0.1, 0.15) is 5.75 Å². The van der Waals surface area contributed by atoms with Crippen molar-refractivity contribution in [2.45, 2.75) is 31.1 Å². The summed E-state index contributed by atoms with van der Waals surface area (Å²) >= 11 is 4.59. The average molecular weight is 258 g/mol. The van der Waals surface area contributed by atoms with E-state index in [2.05, 4.69) is 38.6 Å². The second kappa shape index (κ2) is 5.49. The van der Waals surface area contributed by atoms with Crippen molar-refractivity contribution in [3.05, 3.63) is 59.2 Å². The quantitative estimate of drug-likeness (QED) is 0.782. The molecular weight excluding hydrogens is 240 g/mol. The third-order valence-corrected chi connectivity index (χ3v) is 3.66. The van der Waals surface area contributed by atoms with Gasteiger partial charge in [-0.3, -0.25) is 0 Å². The van der Waals surface area contributed by atoms with E-state index in [0.29, 0.717) is 18.1 Å². The molecule has 0 saturated carbocycles. The molecule has 1 nitrogen and oxygen atoms in total. The number of benzene rings is 2. The Morgan fingerprint density at radius 1 is 1.06 bits per heavy atom. The lowest BCUT2D eigenvalue weighted by Crippen LogP contribution is -1.97. The van der Waals surface area contributed by atoms with Crippen molar-refractivity contribution < 1.29 is 5.11 Å². The SMILES string of the molecule is CC(C)c1ccc(O)c(Cc2ccccc2)c1S. The Hall–Kier alpha value is -1.41. The van der Waals surface area contributed by atoms with Gasteiger partial charge in [-0.2, -0.15) is 0 Å². The van der Waals surface area contributed by atoms with Gasteiger partial charge in [0.2, 0.25) is 0 Å². The van der Waals surface area contributed by atoms with Crippen LogP contribution in [0.4, 0.5) is 0 Å². The third kappa shape index (κ3) is 2.70. The van der Waals surface area contributed by atoms with Gasteiger partial charge in [-0.05, 0) is 23.1 Å². The molecule has 0 aliphatic heterocycles. The fourth-order valence-corrected chi connectivity index (χ4v) is 2.61. The minimum absolute atomic E-state index is 0.327. The fourth-order valence-electron chi connectivity index (χ4n) is 2.08. The van der Waals surface area contributed by atoms with Crippen LogP contribution in [-0.4, -0.2) is 5.11 Å². The van der Waals surface area contributed by atoms with Gasteiger partial charge in [0.05, 0.1) is 0 Å². The van der Waals surface area contributed by atoms with Crippen molar-refractivity contribution in [3.63, 3.8) is 0 Å². The van der Waals surface area contributed by atoms with Crippen LogP contribution >= 0.6 is 12.6 Å². The van der Waals surface area contributed by atoms with E-state index in [0.717, 1.165) is 10.5 Å². The Morgan fingerprint density at radius 2 is 1.72 bits per heavy atom. The van der Waals surface area contributed by atoms with Gasteiger partial charge < -0.3 is 5.11 Å². The van der Waals surface area contributed by atoms with Crippen molar-refractivity contribution >= 4 is 12.6 Å². The average Bonchev–Trinajstić information content (AvgIpc) is 2.35. The monoisotopic (exact) mass is 258 g/mol. The molecule has 0 aromatic heterocycles. The Balaban J connectivity index is 2.41. The minimum Gasteiger partial charge on any atom is -0.508 e. The Morgan fingerprint density at radius 3 is 2.33 bits per heavy atom. The predicted molar refractivity (Wildman–Crippen MR) is 78.7 cm³/mol. The van der Waals surface area contributed by atoms with E-state index in [1.165, 1.54) is 11.1 Å². The minimum atomic E-state index is 0.327. The number of hydrogen-bond acceptors (Lipinski definition) is 2. The van der Waals surface area contributed by atoms with Gasteiger partial charge in [-0.15, -0.1) is 12.6 Å². The lowest BCUT2D eigenvalue weighted by atomic mass is 9.96. The maximum absolute atomic E-state index is 10.0. The maximum atomic E-state index is 10.0. The number of aromatic hydroxyl groups is 1. The number of phenolic OH excluding ortho intramolecular Hbond substituents is 1. The van der Waals surface area contributed by atoms with E-state index < -0.39 is 0 Å². The molecule has 0 spiro atoms. The van der Waals surface area contributed by atoms with E-state index in [4.69, 9.17) is 0 Å². The molecule has 0 heterocycles. The highest BCUT2D eigenvalue weighted by atomic mass is 32.1. The van der Waals surface area contributed by atoms with Crippen molar-refractivity contribution in [3.8, 4) is 5.75 Å². The molecule has 18 heavy (non-hydrogen) atoms. The zero-order valence-electron chi connectivity index (χ0n) is 10.7. The third-order valence-electron chi connectivity index (χ3n) is 3.13. The molecule has 0 radical (unpaired) electrons. The molecule has 0 amide bonds. The van der Waals surface area contributed by atoms with E-state index in [-0.39, 0.29) is 0 Å². The summed E-state index contributed by atoms with van der Waals surface area (Å²) < 4.78 is 0. The van der Waals surface area contributed by atoms with Crippen LogP contribution in [0.15, 0.2) is 47.4 Å². The van der Waals surface area contributed by atoms with E-state index >= 15 is 0 Å². The molecule has 0 bridgehead atoms. The second-order valence-corrected chi connectivity index (χ2v) is 5.27. The van der Waals surface area contributed by atoms with Crippen molar-refractivity contribution in [2.24, 2.45) is 0 Å². The topological polar surface area (TPSA) is 20.2 Å². The maximum Gasteiger partial charge on any atom is 0.120 e. The van der Waals surface area contributed by atoms with Crippen LogP contribution in [0.3, 0.4) is 0 Å². The number of thiol groups is 1. The van der Waals surface area contributed by atoms with E-state index in [1.54, 1.807) is 6.07 Å². The molecule has 0 saturated heterocycles. The van der Waals surface area contributed by atoms with Crippen LogP contribution in [0.1, 0.15) is 36.5 Å². The predicted octanol–water partition coefficient (Wildman–Crippen LogP) is 4.40. The first-order chi connectivity index (χ1) is 8.59. The zero-order chi connectivity index (χ0) is 13.1. The van der Waals surface area contributed by atoms with Crippen LogP contribution in [-0.2, 0) is 6.42 Å². The Bertz CT molecular complexity index is 532. The smallest absolute Gasteiger partial charge is 0.120 e. The number of phenols is 1. The molecule has 0 unspecified atom stereocenters. The molecule has 2 aromatic carbocycles. The first-order valence-electron chi connectivity index (χ1n) is 6.17. The molecule has 0 atom stereocenters. The zero-order valence-corrected chi connectivity index (χ0v) is 11.6. The number of rotatable bonds is 3. The molecule has 94 valence electrons. The Labute approximate surface area is 114 Å². The second-order valence-electron chi connectivity index (χ2n) is 4.82. The van der Waals surface area contributed by atoms with Crippen LogP contribution in [0, 0.1) is 0 Å². The standard InChI is InChI=1S/C16H18OS/c1-11(2)13-8-9-15(17)14(16(13)18)10-12-6-4-3-5-7-12/h3-9,11,17-18H,10H2,1-2H3. The van der Waals surface area contributed by atoms with Gasteiger partial charge in [0.15, 0.2) is 0 Å². The Kier molecular flexibility index (Phi) is 3.97. The van der Waals surface area contributed by atoms with Crippen molar-refractivity contribution in [2.75, 3.05) is 0 Å². The van der Waals surface area contributed by atoms with Gasteiger partial charge in [-0.25, -0.2) is 0 Å². The molecule has 2 heteroatoms. The van der Waals surface area contributed by atoms with Crippen molar-refractivity contribution in [1.82, 2.24) is 0 Å².